The lowest BCUT2D eigenvalue weighted by Crippen LogP contribution is -1.97. The second-order valence-corrected chi connectivity index (χ2v) is 4.53. The van der Waals surface area contributed by atoms with Crippen molar-refractivity contribution in [2.75, 3.05) is 5.73 Å². The molecule has 0 aliphatic heterocycles. The largest absolute Gasteiger partial charge is 0.489 e. The van der Waals surface area contributed by atoms with Crippen LogP contribution in [0, 0.1) is 5.82 Å². The number of hydrogen-bond donors (Lipinski definition) is 1. The Kier molecular flexibility index (Phi) is 3.94. The molecule has 5 heteroatoms. The highest BCUT2D eigenvalue weighted by Gasteiger charge is 2.03. The van der Waals surface area contributed by atoms with Gasteiger partial charge in [-0.05, 0) is 29.8 Å². The van der Waals surface area contributed by atoms with Crippen molar-refractivity contribution in [2.45, 2.75) is 6.61 Å². The summed E-state index contributed by atoms with van der Waals surface area (Å²) in [5.41, 5.74) is 7.01. The summed E-state index contributed by atoms with van der Waals surface area (Å²) in [6.07, 6.45) is 0. The van der Waals surface area contributed by atoms with Gasteiger partial charge in [-0.25, -0.2) is 4.39 Å². The number of hydrogen-bond acceptors (Lipinski definition) is 2. The highest BCUT2D eigenvalue weighted by Crippen LogP contribution is 2.23. The Morgan fingerprint density at radius 3 is 2.44 bits per heavy atom. The molecule has 94 valence electrons. The number of rotatable bonds is 3. The van der Waals surface area contributed by atoms with Crippen molar-refractivity contribution in [3.05, 3.63) is 57.8 Å². The molecule has 0 bridgehead atoms. The van der Waals surface area contributed by atoms with Gasteiger partial charge in [0.05, 0.1) is 15.7 Å². The van der Waals surface area contributed by atoms with Crippen molar-refractivity contribution in [1.29, 1.82) is 0 Å². The number of ether oxygens (including phenoxy) is 1. The molecule has 2 aromatic rings. The number of benzene rings is 2. The Hall–Kier alpha value is -1.45. The van der Waals surface area contributed by atoms with Crippen LogP contribution in [0.2, 0.25) is 10.0 Å². The molecule has 0 amide bonds. The van der Waals surface area contributed by atoms with E-state index in [-0.39, 0.29) is 11.6 Å². The summed E-state index contributed by atoms with van der Waals surface area (Å²) in [6, 6.07) is 9.49. The third kappa shape index (κ3) is 3.06. The van der Waals surface area contributed by atoms with Crippen molar-refractivity contribution in [3.63, 3.8) is 0 Å². The predicted octanol–water partition coefficient (Wildman–Crippen LogP) is 4.29. The second kappa shape index (κ2) is 5.46. The molecule has 2 N–H and O–H groups in total. The molecule has 0 radical (unpaired) electrons. The minimum Gasteiger partial charge on any atom is -0.489 e. The van der Waals surface area contributed by atoms with Gasteiger partial charge in [-0.1, -0.05) is 29.3 Å². The van der Waals surface area contributed by atoms with Crippen molar-refractivity contribution in [3.8, 4) is 5.75 Å². The summed E-state index contributed by atoms with van der Waals surface area (Å²) in [5.74, 6) is -0.102. The molecule has 0 aliphatic rings. The molecule has 2 rings (SSSR count). The molecule has 0 saturated carbocycles. The van der Waals surface area contributed by atoms with E-state index in [0.29, 0.717) is 16.5 Å². The zero-order valence-corrected chi connectivity index (χ0v) is 10.8. The fraction of sp³-hybridized carbons (Fsp3) is 0.0769. The highest BCUT2D eigenvalue weighted by molar-refractivity contribution is 6.33. The maximum atomic E-state index is 13.2. The average molecular weight is 286 g/mol. The predicted molar refractivity (Wildman–Crippen MR) is 71.6 cm³/mol. The zero-order chi connectivity index (χ0) is 13.1. The van der Waals surface area contributed by atoms with Gasteiger partial charge in [0.1, 0.15) is 18.2 Å². The number of anilines is 1. The van der Waals surface area contributed by atoms with E-state index < -0.39 is 5.82 Å². The van der Waals surface area contributed by atoms with Crippen LogP contribution in [0.3, 0.4) is 0 Å². The van der Waals surface area contributed by atoms with Gasteiger partial charge in [0.15, 0.2) is 0 Å². The maximum absolute atomic E-state index is 13.2. The topological polar surface area (TPSA) is 35.2 Å². The van der Waals surface area contributed by atoms with Gasteiger partial charge in [0, 0.05) is 6.07 Å². The van der Waals surface area contributed by atoms with Crippen LogP contribution in [0.5, 0.6) is 5.75 Å². The van der Waals surface area contributed by atoms with Crippen LogP contribution >= 0.6 is 23.2 Å². The van der Waals surface area contributed by atoms with E-state index in [4.69, 9.17) is 33.7 Å². The first-order valence-corrected chi connectivity index (χ1v) is 5.93. The molecule has 0 atom stereocenters. The van der Waals surface area contributed by atoms with Crippen LogP contribution < -0.4 is 10.5 Å². The van der Waals surface area contributed by atoms with Gasteiger partial charge in [0.25, 0.3) is 0 Å². The van der Waals surface area contributed by atoms with Crippen LogP contribution in [-0.2, 0) is 6.61 Å². The molecule has 0 saturated heterocycles. The molecule has 0 aromatic heterocycles. The standard InChI is InChI=1S/C13H10Cl2FNO/c14-10-4-2-9(6-12(10)16)18-7-8-1-3-11(15)13(17)5-8/h1-6H,7,17H2. The fourth-order valence-electron chi connectivity index (χ4n) is 1.42. The molecular weight excluding hydrogens is 276 g/mol. The summed E-state index contributed by atoms with van der Waals surface area (Å²) in [6.45, 7) is 0.280. The summed E-state index contributed by atoms with van der Waals surface area (Å²) < 4.78 is 18.6. The van der Waals surface area contributed by atoms with Gasteiger partial charge in [0.2, 0.25) is 0 Å². The first-order chi connectivity index (χ1) is 8.56. The van der Waals surface area contributed by atoms with E-state index in [1.807, 2.05) is 0 Å². The van der Waals surface area contributed by atoms with Crippen LogP contribution in [0.15, 0.2) is 36.4 Å². The van der Waals surface area contributed by atoms with E-state index >= 15 is 0 Å². The number of nitrogens with two attached hydrogens (primary N) is 1. The quantitative estimate of drug-likeness (QED) is 0.854. The van der Waals surface area contributed by atoms with Gasteiger partial charge in [-0.15, -0.1) is 0 Å². The normalized spacial score (nSPS) is 10.4. The number of nitrogen functional groups attached to an aromatic ring is 1. The zero-order valence-electron chi connectivity index (χ0n) is 9.29. The lowest BCUT2D eigenvalue weighted by atomic mass is 10.2. The summed E-state index contributed by atoms with van der Waals surface area (Å²) in [4.78, 5) is 0. The van der Waals surface area contributed by atoms with Crippen molar-refractivity contribution >= 4 is 28.9 Å². The van der Waals surface area contributed by atoms with Crippen LogP contribution in [-0.4, -0.2) is 0 Å². The molecule has 0 heterocycles. The van der Waals surface area contributed by atoms with Crippen LogP contribution in [0.1, 0.15) is 5.56 Å². The van der Waals surface area contributed by atoms with Gasteiger partial charge in [-0.2, -0.15) is 0 Å². The highest BCUT2D eigenvalue weighted by atomic mass is 35.5. The first-order valence-electron chi connectivity index (χ1n) is 5.18. The summed E-state index contributed by atoms with van der Waals surface area (Å²) in [7, 11) is 0. The van der Waals surface area contributed by atoms with Gasteiger partial charge in [-0.3, -0.25) is 0 Å². The maximum Gasteiger partial charge on any atom is 0.145 e. The van der Waals surface area contributed by atoms with Crippen molar-refractivity contribution in [2.24, 2.45) is 0 Å². The van der Waals surface area contributed by atoms with Crippen LogP contribution in [0.4, 0.5) is 10.1 Å². The Bertz CT molecular complexity index is 523. The third-order valence-electron chi connectivity index (χ3n) is 2.36. The molecule has 2 aromatic carbocycles. The minimum atomic E-state index is -0.509. The molecule has 18 heavy (non-hydrogen) atoms. The van der Waals surface area contributed by atoms with E-state index in [1.54, 1.807) is 24.3 Å². The van der Waals surface area contributed by atoms with E-state index in [2.05, 4.69) is 0 Å². The van der Waals surface area contributed by atoms with E-state index in [1.165, 1.54) is 12.1 Å². The Morgan fingerprint density at radius 1 is 1.06 bits per heavy atom. The van der Waals surface area contributed by atoms with Gasteiger partial charge >= 0.3 is 0 Å². The van der Waals surface area contributed by atoms with E-state index in [9.17, 15) is 4.39 Å². The summed E-state index contributed by atoms with van der Waals surface area (Å²) in [5, 5.41) is 0.564. The number of halogens is 3. The molecule has 0 spiro atoms. The lowest BCUT2D eigenvalue weighted by Gasteiger charge is -2.08. The molecule has 0 aliphatic carbocycles. The molecular formula is C13H10Cl2FNO. The SMILES string of the molecule is Nc1cc(COc2ccc(Cl)c(F)c2)ccc1Cl. The molecule has 2 nitrogen and oxygen atoms in total. The molecule has 0 fully saturated rings. The van der Waals surface area contributed by atoms with Crippen molar-refractivity contribution < 1.29 is 9.13 Å². The van der Waals surface area contributed by atoms with Crippen molar-refractivity contribution in [1.82, 2.24) is 0 Å². The second-order valence-electron chi connectivity index (χ2n) is 3.72. The summed E-state index contributed by atoms with van der Waals surface area (Å²) >= 11 is 11.4. The Morgan fingerprint density at radius 2 is 1.78 bits per heavy atom. The van der Waals surface area contributed by atoms with Gasteiger partial charge < -0.3 is 10.5 Å². The fourth-order valence-corrected chi connectivity index (χ4v) is 1.65. The first kappa shape index (κ1) is 13.0. The monoisotopic (exact) mass is 285 g/mol. The minimum absolute atomic E-state index is 0.0677. The average Bonchev–Trinajstić information content (AvgIpc) is 2.35. The van der Waals surface area contributed by atoms with Crippen LogP contribution in [0.25, 0.3) is 0 Å². The Balaban J connectivity index is 2.06. The lowest BCUT2D eigenvalue weighted by molar-refractivity contribution is 0.304. The molecule has 0 unspecified atom stereocenters. The van der Waals surface area contributed by atoms with E-state index in [0.717, 1.165) is 5.56 Å². The smallest absolute Gasteiger partial charge is 0.145 e. The Labute approximate surface area is 114 Å². The third-order valence-corrected chi connectivity index (χ3v) is 3.01.